The molecule has 1 aromatic rings. The van der Waals surface area contributed by atoms with Crippen molar-refractivity contribution < 1.29 is 18.0 Å². The number of rotatable bonds is 15. The standard InChI is InChI=1S/C25H40FO3P/c1-5-9-14-22(7-3)20-28-30(27,29-21-23(8-4)15-10-6-2)25(26)19-18-24-16-12-11-13-17-24/h11-13,16-17,22-23,25H,5-10,14-15,20-21H2,1-4H3. The van der Waals surface area contributed by atoms with Crippen molar-refractivity contribution in [1.82, 2.24) is 0 Å². The van der Waals surface area contributed by atoms with Gasteiger partial charge in [0.05, 0.1) is 13.2 Å². The number of unbranched alkanes of at least 4 members (excludes halogenated alkanes) is 2. The molecular formula is C25H40FO3P. The molecule has 0 saturated carbocycles. The van der Waals surface area contributed by atoms with Crippen LogP contribution in [0.3, 0.4) is 0 Å². The fraction of sp³-hybridized carbons (Fsp3) is 0.680. The third kappa shape index (κ3) is 10.3. The molecule has 0 heterocycles. The van der Waals surface area contributed by atoms with Gasteiger partial charge >= 0.3 is 7.60 Å². The van der Waals surface area contributed by atoms with Crippen molar-refractivity contribution in [2.24, 2.45) is 11.8 Å². The van der Waals surface area contributed by atoms with Crippen molar-refractivity contribution in [3.05, 3.63) is 35.9 Å². The molecule has 1 aromatic carbocycles. The molecule has 30 heavy (non-hydrogen) atoms. The summed E-state index contributed by atoms with van der Waals surface area (Å²) in [7, 11) is -3.99. The molecule has 0 aliphatic rings. The smallest absolute Gasteiger partial charge is 0.306 e. The van der Waals surface area contributed by atoms with Gasteiger partial charge in [0, 0.05) is 5.56 Å². The average molecular weight is 439 g/mol. The summed E-state index contributed by atoms with van der Waals surface area (Å²) in [5, 5.41) is 0. The minimum absolute atomic E-state index is 0.243. The highest BCUT2D eigenvalue weighted by atomic mass is 31.2. The Balaban J connectivity index is 2.90. The predicted molar refractivity (Wildman–Crippen MR) is 124 cm³/mol. The van der Waals surface area contributed by atoms with Gasteiger partial charge in [-0.15, -0.1) is 0 Å². The molecule has 1 rings (SSSR count). The van der Waals surface area contributed by atoms with E-state index >= 15 is 4.39 Å². The van der Waals surface area contributed by atoms with Crippen LogP contribution in [0.25, 0.3) is 0 Å². The van der Waals surface area contributed by atoms with Gasteiger partial charge < -0.3 is 9.05 Å². The number of benzene rings is 1. The van der Waals surface area contributed by atoms with Gasteiger partial charge in [-0.1, -0.05) is 90.3 Å². The van der Waals surface area contributed by atoms with E-state index in [1.165, 1.54) is 0 Å². The van der Waals surface area contributed by atoms with Crippen LogP contribution in [0.5, 0.6) is 0 Å². The van der Waals surface area contributed by atoms with E-state index in [2.05, 4.69) is 39.5 Å². The maximum Gasteiger partial charge on any atom is 0.376 e. The Labute approximate surface area is 183 Å². The SMILES string of the molecule is CCCCC(CC)COP(=O)(OCC(CC)CCCC)C(F)C#Cc1ccccc1. The van der Waals surface area contributed by atoms with Crippen LogP contribution in [0.2, 0.25) is 0 Å². The maximum atomic E-state index is 15.1. The lowest BCUT2D eigenvalue weighted by Gasteiger charge is -2.24. The topological polar surface area (TPSA) is 35.5 Å². The first-order chi connectivity index (χ1) is 14.5. The van der Waals surface area contributed by atoms with Gasteiger partial charge in [-0.2, -0.15) is 0 Å². The van der Waals surface area contributed by atoms with E-state index in [-0.39, 0.29) is 25.0 Å². The van der Waals surface area contributed by atoms with Gasteiger partial charge in [0.1, 0.15) is 0 Å². The zero-order valence-electron chi connectivity index (χ0n) is 19.2. The summed E-state index contributed by atoms with van der Waals surface area (Å²) in [6.45, 7) is 8.92. The lowest BCUT2D eigenvalue weighted by atomic mass is 10.0. The quantitative estimate of drug-likeness (QED) is 0.206. The number of hydrogen-bond donors (Lipinski definition) is 0. The highest BCUT2D eigenvalue weighted by molar-refractivity contribution is 7.54. The second-order valence-electron chi connectivity index (χ2n) is 7.94. The van der Waals surface area contributed by atoms with Gasteiger partial charge in [0.25, 0.3) is 5.91 Å². The van der Waals surface area contributed by atoms with Gasteiger partial charge in [-0.25, -0.2) is 4.39 Å². The maximum absolute atomic E-state index is 15.1. The number of halogens is 1. The van der Waals surface area contributed by atoms with Crippen LogP contribution in [-0.2, 0) is 13.6 Å². The first-order valence-electron chi connectivity index (χ1n) is 11.6. The Kier molecular flexibility index (Phi) is 14.0. The van der Waals surface area contributed by atoms with Gasteiger partial charge in [0.2, 0.25) is 0 Å². The van der Waals surface area contributed by atoms with Gasteiger partial charge in [0.15, 0.2) is 0 Å². The summed E-state index contributed by atoms with van der Waals surface area (Å²) in [5.41, 5.74) is 0.676. The number of alkyl halides is 1. The zero-order chi connectivity index (χ0) is 22.2. The van der Waals surface area contributed by atoms with Crippen LogP contribution in [-0.4, -0.2) is 19.1 Å². The molecule has 0 spiro atoms. The van der Waals surface area contributed by atoms with Gasteiger partial charge in [-0.3, -0.25) is 4.57 Å². The first kappa shape index (κ1) is 26.9. The third-order valence-electron chi connectivity index (χ3n) is 5.45. The lowest BCUT2D eigenvalue weighted by molar-refractivity contribution is 0.139. The molecule has 0 amide bonds. The van der Waals surface area contributed by atoms with E-state index in [1.807, 2.05) is 18.2 Å². The molecule has 0 aliphatic carbocycles. The summed E-state index contributed by atoms with van der Waals surface area (Å²) >= 11 is 0. The third-order valence-corrected chi connectivity index (χ3v) is 7.16. The Hall–Kier alpha value is -1.14. The Morgan fingerprint density at radius 3 is 1.83 bits per heavy atom. The van der Waals surface area contributed by atoms with E-state index in [1.54, 1.807) is 12.1 Å². The van der Waals surface area contributed by atoms with E-state index in [9.17, 15) is 4.57 Å². The second-order valence-corrected chi connectivity index (χ2v) is 9.98. The highest BCUT2D eigenvalue weighted by Gasteiger charge is 2.37. The van der Waals surface area contributed by atoms with Crippen LogP contribution < -0.4 is 0 Å². The molecule has 3 unspecified atom stereocenters. The van der Waals surface area contributed by atoms with Crippen molar-refractivity contribution >= 4 is 7.60 Å². The van der Waals surface area contributed by atoms with Crippen molar-refractivity contribution in [3.63, 3.8) is 0 Å². The van der Waals surface area contributed by atoms with Crippen molar-refractivity contribution in [3.8, 4) is 11.8 Å². The van der Waals surface area contributed by atoms with E-state index in [0.29, 0.717) is 5.56 Å². The van der Waals surface area contributed by atoms with Crippen LogP contribution in [0.15, 0.2) is 30.3 Å². The molecule has 0 saturated heterocycles. The largest absolute Gasteiger partial charge is 0.376 e. The zero-order valence-corrected chi connectivity index (χ0v) is 20.1. The summed E-state index contributed by atoms with van der Waals surface area (Å²) in [5.74, 6) is 3.79. The average Bonchev–Trinajstić information content (AvgIpc) is 2.78. The first-order valence-corrected chi connectivity index (χ1v) is 13.2. The molecule has 0 radical (unpaired) electrons. The van der Waals surface area contributed by atoms with E-state index in [0.717, 1.165) is 51.4 Å². The Morgan fingerprint density at radius 1 is 0.900 bits per heavy atom. The van der Waals surface area contributed by atoms with Crippen LogP contribution >= 0.6 is 7.60 Å². The van der Waals surface area contributed by atoms with Crippen molar-refractivity contribution in [2.45, 2.75) is 85.0 Å². The molecule has 170 valence electrons. The fourth-order valence-corrected chi connectivity index (χ4v) is 4.52. The van der Waals surface area contributed by atoms with E-state index < -0.39 is 13.5 Å². The van der Waals surface area contributed by atoms with Crippen LogP contribution in [0.1, 0.15) is 84.6 Å². The molecular weight excluding hydrogens is 398 g/mol. The predicted octanol–water partition coefficient (Wildman–Crippen LogP) is 7.99. The molecule has 5 heteroatoms. The molecule has 0 aliphatic heterocycles. The summed E-state index contributed by atoms with van der Waals surface area (Å²) in [6, 6.07) is 9.13. The molecule has 0 N–H and O–H groups in total. The fourth-order valence-electron chi connectivity index (χ4n) is 3.13. The summed E-state index contributed by atoms with van der Waals surface area (Å²) in [4.78, 5) is 0. The molecule has 3 nitrogen and oxygen atoms in total. The number of hydrogen-bond acceptors (Lipinski definition) is 3. The normalized spacial score (nSPS) is 16.2. The van der Waals surface area contributed by atoms with Crippen LogP contribution in [0, 0.1) is 23.7 Å². The van der Waals surface area contributed by atoms with Crippen LogP contribution in [0.4, 0.5) is 4.39 Å². The van der Waals surface area contributed by atoms with Crippen molar-refractivity contribution in [1.29, 1.82) is 0 Å². The molecule has 0 fully saturated rings. The highest BCUT2D eigenvalue weighted by Crippen LogP contribution is 2.54. The molecule has 3 atom stereocenters. The van der Waals surface area contributed by atoms with Gasteiger partial charge in [-0.05, 0) is 42.7 Å². The minimum atomic E-state index is -3.99. The Morgan fingerprint density at radius 2 is 1.40 bits per heavy atom. The lowest BCUT2D eigenvalue weighted by Crippen LogP contribution is -2.16. The molecule has 0 bridgehead atoms. The summed E-state index contributed by atoms with van der Waals surface area (Å²) < 4.78 is 39.8. The Bertz CT molecular complexity index is 644. The van der Waals surface area contributed by atoms with E-state index in [4.69, 9.17) is 9.05 Å². The minimum Gasteiger partial charge on any atom is -0.306 e. The molecule has 0 aromatic heterocycles. The van der Waals surface area contributed by atoms with Crippen molar-refractivity contribution in [2.75, 3.05) is 13.2 Å². The monoisotopic (exact) mass is 438 g/mol. The summed E-state index contributed by atoms with van der Waals surface area (Å²) in [6.07, 6.45) is 8.11. The second kappa shape index (κ2) is 15.6.